The van der Waals surface area contributed by atoms with Gasteiger partial charge in [-0.2, -0.15) is 8.42 Å². The first kappa shape index (κ1) is 13.6. The number of rotatable bonds is 4. The molecule has 1 heterocycles. The summed E-state index contributed by atoms with van der Waals surface area (Å²) in [5, 5.41) is 9.20. The number of anilines is 1. The molecule has 1 atom stereocenters. The van der Waals surface area contributed by atoms with Crippen molar-refractivity contribution in [1.29, 1.82) is 0 Å². The Kier molecular flexibility index (Phi) is 3.63. The number of carbonyl (C=O) groups excluding carboxylic acids is 1. The first-order chi connectivity index (χ1) is 8.87. The highest BCUT2D eigenvalue weighted by molar-refractivity contribution is 7.85. The van der Waals surface area contributed by atoms with Crippen molar-refractivity contribution in [2.24, 2.45) is 0 Å². The molecule has 7 nitrogen and oxygen atoms in total. The van der Waals surface area contributed by atoms with Gasteiger partial charge in [0.2, 0.25) is 0 Å². The van der Waals surface area contributed by atoms with Crippen molar-refractivity contribution in [3.63, 3.8) is 0 Å². The number of phenolic OH excluding ortho intramolecular Hbond substituents is 1. The minimum Gasteiger partial charge on any atom is -0.508 e. The first-order valence-corrected chi connectivity index (χ1v) is 7.28. The van der Waals surface area contributed by atoms with Gasteiger partial charge in [-0.3, -0.25) is 9.08 Å². The highest BCUT2D eigenvalue weighted by atomic mass is 32.2. The summed E-state index contributed by atoms with van der Waals surface area (Å²) < 4.78 is 31.5. The van der Waals surface area contributed by atoms with Crippen LogP contribution in [0.15, 0.2) is 24.3 Å². The van der Waals surface area contributed by atoms with Crippen LogP contribution in [0.3, 0.4) is 0 Å². The number of nitrogens with zero attached hydrogens (tertiary/aromatic N) is 1. The highest BCUT2D eigenvalue weighted by Gasteiger charge is 2.35. The predicted molar refractivity (Wildman–Crippen MR) is 66.5 cm³/mol. The summed E-state index contributed by atoms with van der Waals surface area (Å²) in [6.45, 7) is -0.124. The topological polar surface area (TPSA) is 93.1 Å². The molecule has 8 heteroatoms. The fourth-order valence-corrected chi connectivity index (χ4v) is 2.12. The number of phenols is 1. The van der Waals surface area contributed by atoms with Crippen LogP contribution < -0.4 is 4.90 Å². The maximum absolute atomic E-state index is 11.6. The third kappa shape index (κ3) is 3.36. The summed E-state index contributed by atoms with van der Waals surface area (Å²) >= 11 is 0. The van der Waals surface area contributed by atoms with Crippen LogP contribution in [0.2, 0.25) is 0 Å². The van der Waals surface area contributed by atoms with Gasteiger partial charge in [-0.1, -0.05) is 0 Å². The number of amides is 1. The van der Waals surface area contributed by atoms with Gasteiger partial charge in [-0.05, 0) is 24.3 Å². The van der Waals surface area contributed by atoms with Crippen LogP contribution in [0.5, 0.6) is 5.75 Å². The van der Waals surface area contributed by atoms with Crippen LogP contribution in [-0.2, 0) is 19.0 Å². The van der Waals surface area contributed by atoms with E-state index in [9.17, 15) is 18.3 Å². The zero-order chi connectivity index (χ0) is 14.0. The number of ether oxygens (including phenoxy) is 1. The number of benzene rings is 1. The van der Waals surface area contributed by atoms with Crippen LogP contribution >= 0.6 is 0 Å². The fourth-order valence-electron chi connectivity index (χ4n) is 1.71. The summed E-state index contributed by atoms with van der Waals surface area (Å²) in [6, 6.07) is 5.40. The number of hydrogen-bond acceptors (Lipinski definition) is 6. The number of aromatic hydroxyl groups is 1. The van der Waals surface area contributed by atoms with Crippen LogP contribution in [0.4, 0.5) is 10.5 Å². The van der Waals surface area contributed by atoms with Gasteiger partial charge in [0.15, 0.2) is 0 Å². The lowest BCUT2D eigenvalue weighted by Crippen LogP contribution is -2.37. The van der Waals surface area contributed by atoms with Gasteiger partial charge in [0, 0.05) is 5.69 Å². The molecule has 1 aliphatic heterocycles. The van der Waals surface area contributed by atoms with Crippen LogP contribution in [0, 0.1) is 0 Å². The molecule has 1 aromatic carbocycles. The molecule has 1 fully saturated rings. The third-order valence-corrected chi connectivity index (χ3v) is 3.13. The van der Waals surface area contributed by atoms with Gasteiger partial charge < -0.3 is 9.84 Å². The molecule has 0 radical (unpaired) electrons. The maximum atomic E-state index is 11.6. The van der Waals surface area contributed by atoms with Crippen molar-refractivity contribution in [3.8, 4) is 5.75 Å². The smallest absolute Gasteiger partial charge is 0.414 e. The predicted octanol–water partition coefficient (Wildman–Crippen LogP) is 0.694. The molecule has 1 saturated heterocycles. The van der Waals surface area contributed by atoms with E-state index < -0.39 is 22.3 Å². The van der Waals surface area contributed by atoms with E-state index >= 15 is 0 Å². The van der Waals surface area contributed by atoms with Crippen LogP contribution in [-0.4, -0.2) is 45.1 Å². The number of hydrogen-bond donors (Lipinski definition) is 1. The second-order valence-electron chi connectivity index (χ2n) is 4.11. The van der Waals surface area contributed by atoms with Crippen molar-refractivity contribution in [1.82, 2.24) is 0 Å². The van der Waals surface area contributed by atoms with Gasteiger partial charge in [0.1, 0.15) is 12.4 Å². The molecule has 1 amide bonds. The molecule has 19 heavy (non-hydrogen) atoms. The maximum Gasteiger partial charge on any atom is 0.414 e. The zero-order valence-electron chi connectivity index (χ0n) is 10.1. The molecule has 1 aliphatic rings. The second kappa shape index (κ2) is 5.06. The number of cyclic esters (lactones) is 1. The quantitative estimate of drug-likeness (QED) is 0.819. The third-order valence-electron chi connectivity index (χ3n) is 2.56. The summed E-state index contributed by atoms with van der Waals surface area (Å²) in [4.78, 5) is 12.9. The van der Waals surface area contributed by atoms with Crippen molar-refractivity contribution >= 4 is 21.9 Å². The van der Waals surface area contributed by atoms with Gasteiger partial charge >= 0.3 is 6.09 Å². The summed E-state index contributed by atoms with van der Waals surface area (Å²) in [5.41, 5.74) is 0.502. The lowest BCUT2D eigenvalue weighted by molar-refractivity contribution is 0.175. The van der Waals surface area contributed by atoms with E-state index in [2.05, 4.69) is 4.18 Å². The van der Waals surface area contributed by atoms with Crippen molar-refractivity contribution < 1.29 is 27.2 Å². The summed E-state index contributed by atoms with van der Waals surface area (Å²) in [7, 11) is -3.57. The minimum atomic E-state index is -3.57. The fraction of sp³-hybridized carbons (Fsp3) is 0.364. The van der Waals surface area contributed by atoms with E-state index in [-0.39, 0.29) is 19.0 Å². The molecule has 0 saturated carbocycles. The van der Waals surface area contributed by atoms with E-state index in [1.54, 1.807) is 0 Å². The average molecular weight is 287 g/mol. The Morgan fingerprint density at radius 1 is 1.42 bits per heavy atom. The Morgan fingerprint density at radius 3 is 2.63 bits per heavy atom. The monoisotopic (exact) mass is 287 g/mol. The molecule has 0 spiro atoms. The molecular weight excluding hydrogens is 274 g/mol. The van der Waals surface area contributed by atoms with E-state index in [1.165, 1.54) is 29.2 Å². The van der Waals surface area contributed by atoms with Crippen LogP contribution in [0.25, 0.3) is 0 Å². The molecule has 0 bridgehead atoms. The van der Waals surface area contributed by atoms with Gasteiger partial charge in [0.05, 0.1) is 18.9 Å². The Labute approximate surface area is 110 Å². The molecular formula is C11H13NO6S. The van der Waals surface area contributed by atoms with E-state index in [1.807, 2.05) is 0 Å². The molecule has 0 aliphatic carbocycles. The lowest BCUT2D eigenvalue weighted by atomic mass is 10.2. The van der Waals surface area contributed by atoms with Gasteiger partial charge in [-0.25, -0.2) is 4.79 Å². The van der Waals surface area contributed by atoms with Crippen LogP contribution in [0.1, 0.15) is 0 Å². The number of carbonyl (C=O) groups is 1. The highest BCUT2D eigenvalue weighted by Crippen LogP contribution is 2.25. The van der Waals surface area contributed by atoms with E-state index in [0.717, 1.165) is 6.26 Å². The lowest BCUT2D eigenvalue weighted by Gasteiger charge is -2.20. The van der Waals surface area contributed by atoms with Crippen molar-refractivity contribution in [2.75, 3.05) is 24.4 Å². The van der Waals surface area contributed by atoms with E-state index in [0.29, 0.717) is 5.69 Å². The molecule has 0 aromatic heterocycles. The average Bonchev–Trinajstić information content (AvgIpc) is 2.68. The Bertz CT molecular complexity index is 567. The van der Waals surface area contributed by atoms with Gasteiger partial charge in [-0.15, -0.1) is 0 Å². The molecule has 2 rings (SSSR count). The molecule has 104 valence electrons. The SMILES string of the molecule is CS(=O)(=O)OC[C@H]1COC(=O)N1c1ccc(O)cc1. The van der Waals surface area contributed by atoms with Crippen molar-refractivity contribution in [3.05, 3.63) is 24.3 Å². The minimum absolute atomic E-state index is 0.0508. The normalized spacial score (nSPS) is 19.5. The summed E-state index contributed by atoms with van der Waals surface area (Å²) in [5.74, 6) is 0.0697. The Hall–Kier alpha value is -1.80. The molecule has 1 aromatic rings. The zero-order valence-corrected chi connectivity index (χ0v) is 11.0. The van der Waals surface area contributed by atoms with Crippen molar-refractivity contribution in [2.45, 2.75) is 6.04 Å². The Morgan fingerprint density at radius 2 is 2.05 bits per heavy atom. The molecule has 0 unspecified atom stereocenters. The first-order valence-electron chi connectivity index (χ1n) is 5.46. The van der Waals surface area contributed by atoms with Gasteiger partial charge in [0.25, 0.3) is 10.1 Å². The summed E-state index contributed by atoms with van der Waals surface area (Å²) in [6.07, 6.45) is 0.364. The standard InChI is InChI=1S/C11H13NO6S/c1-19(15,16)18-7-9-6-17-11(14)12(9)8-2-4-10(13)5-3-8/h2-5,9,13H,6-7H2,1H3/t9-/m1/s1. The Balaban J connectivity index is 2.16. The van der Waals surface area contributed by atoms with E-state index in [4.69, 9.17) is 4.74 Å². The largest absolute Gasteiger partial charge is 0.508 e. The molecule has 1 N–H and O–H groups in total. The second-order valence-corrected chi connectivity index (χ2v) is 5.75.